The van der Waals surface area contributed by atoms with Crippen molar-refractivity contribution in [3.63, 3.8) is 0 Å². The summed E-state index contributed by atoms with van der Waals surface area (Å²) in [4.78, 5) is 0. The maximum atomic E-state index is 9.31. The highest BCUT2D eigenvalue weighted by Crippen LogP contribution is 2.23. The monoisotopic (exact) mass is 309 g/mol. The Kier molecular flexibility index (Phi) is 4.14. The van der Waals surface area contributed by atoms with Crippen LogP contribution in [-0.2, 0) is 13.2 Å². The molecular formula is C13H16BrN3O. The lowest BCUT2D eigenvalue weighted by Gasteiger charge is -2.11. The van der Waals surface area contributed by atoms with Crippen LogP contribution in [0, 0.1) is 5.92 Å². The average molecular weight is 310 g/mol. The Morgan fingerprint density at radius 3 is 2.72 bits per heavy atom. The highest BCUT2D eigenvalue weighted by Gasteiger charge is 2.14. The molecule has 2 rings (SSSR count). The van der Waals surface area contributed by atoms with Crippen molar-refractivity contribution in [3.05, 3.63) is 34.6 Å². The minimum Gasteiger partial charge on any atom is -0.388 e. The number of hydrogen-bond donors (Lipinski definition) is 1. The van der Waals surface area contributed by atoms with Gasteiger partial charge >= 0.3 is 0 Å². The van der Waals surface area contributed by atoms with Crippen LogP contribution in [0.2, 0.25) is 0 Å². The van der Waals surface area contributed by atoms with Gasteiger partial charge in [-0.1, -0.05) is 41.9 Å². The largest absolute Gasteiger partial charge is 0.388 e. The number of halogens is 1. The van der Waals surface area contributed by atoms with Crippen LogP contribution in [0.4, 0.5) is 0 Å². The molecule has 0 unspecified atom stereocenters. The summed E-state index contributed by atoms with van der Waals surface area (Å²) in [6, 6.07) is 7.93. The van der Waals surface area contributed by atoms with Gasteiger partial charge in [0.15, 0.2) is 11.6 Å². The van der Waals surface area contributed by atoms with E-state index in [0.717, 1.165) is 22.4 Å². The van der Waals surface area contributed by atoms with Gasteiger partial charge in [0.05, 0.1) is 0 Å². The van der Waals surface area contributed by atoms with Crippen molar-refractivity contribution < 1.29 is 5.11 Å². The van der Waals surface area contributed by atoms with Crippen molar-refractivity contribution in [3.8, 4) is 11.4 Å². The number of benzene rings is 1. The van der Waals surface area contributed by atoms with Gasteiger partial charge in [0.1, 0.15) is 6.61 Å². The molecule has 0 spiro atoms. The molecule has 0 fully saturated rings. The molecule has 1 aromatic carbocycles. The van der Waals surface area contributed by atoms with E-state index in [1.807, 2.05) is 28.8 Å². The number of rotatable bonds is 4. The first-order chi connectivity index (χ1) is 8.61. The van der Waals surface area contributed by atoms with Crippen LogP contribution in [0.3, 0.4) is 0 Å². The molecule has 0 aliphatic rings. The molecule has 0 saturated heterocycles. The molecule has 0 aliphatic carbocycles. The molecule has 1 aromatic heterocycles. The number of aromatic nitrogens is 3. The Labute approximate surface area is 115 Å². The van der Waals surface area contributed by atoms with Crippen LogP contribution < -0.4 is 0 Å². The van der Waals surface area contributed by atoms with E-state index in [1.54, 1.807) is 0 Å². The zero-order valence-electron chi connectivity index (χ0n) is 10.5. The lowest BCUT2D eigenvalue weighted by Crippen LogP contribution is -2.10. The lowest BCUT2D eigenvalue weighted by molar-refractivity contribution is 0.262. The number of nitrogens with zero attached hydrogens (tertiary/aromatic N) is 3. The molecule has 0 atom stereocenters. The summed E-state index contributed by atoms with van der Waals surface area (Å²) >= 11 is 3.45. The second-order valence-electron chi connectivity index (χ2n) is 4.61. The molecule has 1 heterocycles. The van der Waals surface area contributed by atoms with E-state index >= 15 is 0 Å². The summed E-state index contributed by atoms with van der Waals surface area (Å²) in [5, 5.41) is 17.5. The second-order valence-corrected chi connectivity index (χ2v) is 5.53. The third-order valence-electron chi connectivity index (χ3n) is 2.60. The smallest absolute Gasteiger partial charge is 0.164 e. The molecule has 2 aromatic rings. The Hall–Kier alpha value is -1.20. The van der Waals surface area contributed by atoms with Crippen LogP contribution in [0.1, 0.15) is 19.7 Å². The fraction of sp³-hybridized carbons (Fsp3) is 0.385. The van der Waals surface area contributed by atoms with Crippen molar-refractivity contribution in [1.29, 1.82) is 0 Å². The van der Waals surface area contributed by atoms with Crippen LogP contribution in [0.25, 0.3) is 11.4 Å². The second kappa shape index (κ2) is 5.63. The van der Waals surface area contributed by atoms with Gasteiger partial charge in [0, 0.05) is 16.6 Å². The molecular weight excluding hydrogens is 294 g/mol. The minimum atomic E-state index is -0.0896. The van der Waals surface area contributed by atoms with E-state index in [4.69, 9.17) is 0 Å². The maximum absolute atomic E-state index is 9.31. The molecule has 18 heavy (non-hydrogen) atoms. The third kappa shape index (κ3) is 2.79. The molecule has 0 bridgehead atoms. The summed E-state index contributed by atoms with van der Waals surface area (Å²) in [6.45, 7) is 4.97. The molecule has 0 radical (unpaired) electrons. The van der Waals surface area contributed by atoms with Gasteiger partial charge in [-0.3, -0.25) is 0 Å². The van der Waals surface area contributed by atoms with E-state index in [-0.39, 0.29) is 6.61 Å². The minimum absolute atomic E-state index is 0.0896. The average Bonchev–Trinajstić information content (AvgIpc) is 2.71. The molecule has 96 valence electrons. The van der Waals surface area contributed by atoms with Gasteiger partial charge in [-0.05, 0) is 18.1 Å². The SMILES string of the molecule is CC(C)Cn1c(CO)nnc1-c1cccc(Br)c1. The van der Waals surface area contributed by atoms with Crippen molar-refractivity contribution in [1.82, 2.24) is 14.8 Å². The van der Waals surface area contributed by atoms with Crippen molar-refractivity contribution in [2.75, 3.05) is 0 Å². The predicted octanol–water partition coefficient (Wildman–Crippen LogP) is 2.86. The fourth-order valence-electron chi connectivity index (χ4n) is 1.85. The van der Waals surface area contributed by atoms with Crippen LogP contribution in [-0.4, -0.2) is 19.9 Å². The predicted molar refractivity (Wildman–Crippen MR) is 73.9 cm³/mol. The highest BCUT2D eigenvalue weighted by atomic mass is 79.9. The van der Waals surface area contributed by atoms with E-state index in [9.17, 15) is 5.11 Å². The normalized spacial score (nSPS) is 11.2. The van der Waals surface area contributed by atoms with Crippen molar-refractivity contribution in [2.24, 2.45) is 5.92 Å². The summed E-state index contributed by atoms with van der Waals surface area (Å²) in [5.74, 6) is 1.88. The Bertz CT molecular complexity index is 537. The topological polar surface area (TPSA) is 50.9 Å². The van der Waals surface area contributed by atoms with Crippen molar-refractivity contribution >= 4 is 15.9 Å². The number of aliphatic hydroxyl groups excluding tert-OH is 1. The van der Waals surface area contributed by atoms with Gasteiger partial charge < -0.3 is 9.67 Å². The van der Waals surface area contributed by atoms with Gasteiger partial charge in [0.2, 0.25) is 0 Å². The van der Waals surface area contributed by atoms with E-state index in [2.05, 4.69) is 40.0 Å². The van der Waals surface area contributed by atoms with Crippen LogP contribution >= 0.6 is 15.9 Å². The fourth-order valence-corrected chi connectivity index (χ4v) is 2.25. The molecule has 4 nitrogen and oxygen atoms in total. The molecule has 0 aliphatic heterocycles. The van der Waals surface area contributed by atoms with Gasteiger partial charge in [-0.2, -0.15) is 0 Å². The van der Waals surface area contributed by atoms with Crippen molar-refractivity contribution in [2.45, 2.75) is 27.0 Å². The standard InChI is InChI=1S/C13H16BrN3O/c1-9(2)7-17-12(8-18)15-16-13(17)10-4-3-5-11(14)6-10/h3-6,9,18H,7-8H2,1-2H3. The summed E-state index contributed by atoms with van der Waals surface area (Å²) in [6.07, 6.45) is 0. The molecule has 5 heteroatoms. The Balaban J connectivity index is 2.47. The highest BCUT2D eigenvalue weighted by molar-refractivity contribution is 9.10. The van der Waals surface area contributed by atoms with Crippen LogP contribution in [0.5, 0.6) is 0 Å². The summed E-state index contributed by atoms with van der Waals surface area (Å²) in [5.41, 5.74) is 0.997. The van der Waals surface area contributed by atoms with Gasteiger partial charge in [0.25, 0.3) is 0 Å². The first-order valence-corrected chi connectivity index (χ1v) is 6.70. The third-order valence-corrected chi connectivity index (χ3v) is 3.09. The maximum Gasteiger partial charge on any atom is 0.164 e. The zero-order valence-corrected chi connectivity index (χ0v) is 12.1. The zero-order chi connectivity index (χ0) is 13.1. The summed E-state index contributed by atoms with van der Waals surface area (Å²) < 4.78 is 2.98. The Morgan fingerprint density at radius 2 is 2.11 bits per heavy atom. The van der Waals surface area contributed by atoms with E-state index in [0.29, 0.717) is 11.7 Å². The van der Waals surface area contributed by atoms with Gasteiger partial charge in [-0.25, -0.2) is 0 Å². The number of aliphatic hydroxyl groups is 1. The van der Waals surface area contributed by atoms with E-state index < -0.39 is 0 Å². The first-order valence-electron chi connectivity index (χ1n) is 5.90. The van der Waals surface area contributed by atoms with Crippen LogP contribution in [0.15, 0.2) is 28.7 Å². The van der Waals surface area contributed by atoms with Gasteiger partial charge in [-0.15, -0.1) is 10.2 Å². The molecule has 1 N–H and O–H groups in total. The Morgan fingerprint density at radius 1 is 1.33 bits per heavy atom. The quantitative estimate of drug-likeness (QED) is 0.945. The molecule has 0 amide bonds. The number of hydrogen-bond acceptors (Lipinski definition) is 3. The molecule has 0 saturated carbocycles. The lowest BCUT2D eigenvalue weighted by atomic mass is 10.2. The van der Waals surface area contributed by atoms with E-state index in [1.165, 1.54) is 0 Å². The first kappa shape index (κ1) is 13.2. The summed E-state index contributed by atoms with van der Waals surface area (Å²) in [7, 11) is 0.